The van der Waals surface area contributed by atoms with Crippen LogP contribution in [0, 0.1) is 24.1 Å². The lowest BCUT2D eigenvalue weighted by Crippen LogP contribution is -2.53. The first-order valence-corrected chi connectivity index (χ1v) is 12.3. The predicted molar refractivity (Wildman–Crippen MR) is 138 cm³/mol. The van der Waals surface area contributed by atoms with Crippen LogP contribution in [-0.4, -0.2) is 62.9 Å². The Kier molecular flexibility index (Phi) is 8.07. The first kappa shape index (κ1) is 25.9. The molecule has 4 N–H and O–H groups in total. The van der Waals surface area contributed by atoms with Crippen LogP contribution in [0.15, 0.2) is 30.8 Å². The van der Waals surface area contributed by atoms with Crippen LogP contribution in [0.4, 0.5) is 4.39 Å². The van der Waals surface area contributed by atoms with Gasteiger partial charge in [-0.1, -0.05) is 31.7 Å². The van der Waals surface area contributed by atoms with E-state index in [2.05, 4.69) is 33.9 Å². The zero-order chi connectivity index (χ0) is 25.8. The van der Waals surface area contributed by atoms with E-state index in [0.717, 1.165) is 18.7 Å². The average Bonchev–Trinajstić information content (AvgIpc) is 2.93. The van der Waals surface area contributed by atoms with Crippen molar-refractivity contribution in [2.75, 3.05) is 39.3 Å². The third-order valence-corrected chi connectivity index (χ3v) is 7.14. The van der Waals surface area contributed by atoms with Crippen LogP contribution in [0.2, 0.25) is 0 Å². The van der Waals surface area contributed by atoms with Gasteiger partial charge in [0, 0.05) is 50.7 Å². The number of halogens is 1. The molecular formula is C28H32FN5O2. The molecule has 0 aliphatic carbocycles. The molecule has 2 aromatic carbocycles. The van der Waals surface area contributed by atoms with Gasteiger partial charge >= 0.3 is 0 Å². The summed E-state index contributed by atoms with van der Waals surface area (Å²) in [6.07, 6.45) is 1.67. The molecule has 4 rings (SSSR count). The van der Waals surface area contributed by atoms with E-state index in [1.807, 2.05) is 13.0 Å². The maximum Gasteiger partial charge on any atom is 0.183 e. The second-order valence-electron chi connectivity index (χ2n) is 9.32. The van der Waals surface area contributed by atoms with Crippen molar-refractivity contribution in [2.45, 2.75) is 31.8 Å². The molecule has 2 aliphatic heterocycles. The maximum atomic E-state index is 15.8. The van der Waals surface area contributed by atoms with E-state index in [0.29, 0.717) is 42.9 Å². The molecule has 0 spiro atoms. The van der Waals surface area contributed by atoms with Crippen molar-refractivity contribution in [2.24, 2.45) is 0 Å². The molecule has 2 saturated heterocycles. The van der Waals surface area contributed by atoms with Crippen molar-refractivity contribution in [3.63, 3.8) is 0 Å². The van der Waals surface area contributed by atoms with Crippen LogP contribution in [0.5, 0.6) is 0 Å². The number of hydrogen-bond acceptors (Lipinski definition) is 7. The standard InChI is InChI=1S/C28H32FN5O2/c1-4-18-6-5-7-19(13-30)24(18)16(2)20-12-21(27(35)22-14-31-8-10-33-22)26(29)17(3)25(20)28(36)23-15-32-9-11-34-23/h4-7,12,16,22-23,31-34H,1,8-11,14-15H2,2-3H3. The molecule has 0 aromatic heterocycles. The molecule has 188 valence electrons. The summed E-state index contributed by atoms with van der Waals surface area (Å²) in [6, 6.07) is 8.03. The van der Waals surface area contributed by atoms with Gasteiger partial charge < -0.3 is 21.3 Å². The van der Waals surface area contributed by atoms with Gasteiger partial charge in [-0.05, 0) is 41.3 Å². The largest absolute Gasteiger partial charge is 0.313 e. The quantitative estimate of drug-likeness (QED) is 0.442. The summed E-state index contributed by atoms with van der Waals surface area (Å²) in [7, 11) is 0. The van der Waals surface area contributed by atoms with E-state index >= 15 is 4.39 Å². The zero-order valence-corrected chi connectivity index (χ0v) is 20.7. The van der Waals surface area contributed by atoms with Crippen molar-refractivity contribution in [3.05, 3.63) is 75.6 Å². The van der Waals surface area contributed by atoms with Crippen LogP contribution in [-0.2, 0) is 0 Å². The van der Waals surface area contributed by atoms with Crippen molar-refractivity contribution >= 4 is 17.6 Å². The number of benzene rings is 2. The van der Waals surface area contributed by atoms with Crippen LogP contribution < -0.4 is 21.3 Å². The Balaban J connectivity index is 1.91. The molecule has 0 radical (unpaired) electrons. The number of hydrogen-bond donors (Lipinski definition) is 4. The molecule has 8 heteroatoms. The van der Waals surface area contributed by atoms with Gasteiger partial charge in [-0.2, -0.15) is 5.26 Å². The number of Topliss-reactive ketones (excluding diaryl/α,β-unsaturated/α-hetero) is 2. The Morgan fingerprint density at radius 3 is 2.31 bits per heavy atom. The van der Waals surface area contributed by atoms with Gasteiger partial charge in [-0.15, -0.1) is 0 Å². The Bertz CT molecular complexity index is 1220. The zero-order valence-electron chi connectivity index (χ0n) is 20.7. The Morgan fingerprint density at radius 2 is 1.75 bits per heavy atom. The number of rotatable bonds is 7. The smallest absolute Gasteiger partial charge is 0.183 e. The molecule has 3 unspecified atom stereocenters. The van der Waals surface area contributed by atoms with Crippen LogP contribution in [0.3, 0.4) is 0 Å². The summed E-state index contributed by atoms with van der Waals surface area (Å²) >= 11 is 0. The van der Waals surface area contributed by atoms with Gasteiger partial charge in [-0.25, -0.2) is 4.39 Å². The molecule has 2 aromatic rings. The van der Waals surface area contributed by atoms with Crippen molar-refractivity contribution in [1.82, 2.24) is 21.3 Å². The second kappa shape index (κ2) is 11.2. The van der Waals surface area contributed by atoms with E-state index in [4.69, 9.17) is 0 Å². The van der Waals surface area contributed by atoms with Crippen LogP contribution in [0.25, 0.3) is 6.08 Å². The fourth-order valence-electron chi connectivity index (χ4n) is 5.20. The van der Waals surface area contributed by atoms with Crippen LogP contribution in [0.1, 0.15) is 61.4 Å². The second-order valence-corrected chi connectivity index (χ2v) is 9.32. The van der Waals surface area contributed by atoms with Gasteiger partial charge in [-0.3, -0.25) is 9.59 Å². The van der Waals surface area contributed by atoms with Gasteiger partial charge in [0.25, 0.3) is 0 Å². The van der Waals surface area contributed by atoms with Gasteiger partial charge in [0.1, 0.15) is 5.82 Å². The highest BCUT2D eigenvalue weighted by Gasteiger charge is 2.33. The van der Waals surface area contributed by atoms with E-state index in [1.54, 1.807) is 25.1 Å². The number of nitrogens with zero attached hydrogens (tertiary/aromatic N) is 1. The number of piperazine rings is 2. The Labute approximate surface area is 211 Å². The summed E-state index contributed by atoms with van der Waals surface area (Å²) in [5.41, 5.74) is 2.80. The molecule has 2 aliphatic rings. The highest BCUT2D eigenvalue weighted by molar-refractivity contribution is 6.06. The number of nitrogens with one attached hydrogen (secondary N) is 4. The minimum absolute atomic E-state index is 0.0450. The monoisotopic (exact) mass is 489 g/mol. The summed E-state index contributed by atoms with van der Waals surface area (Å²) < 4.78 is 15.8. The SMILES string of the molecule is C=Cc1cccc(C#N)c1C(C)c1cc(C(=O)C2CNCCN2)c(F)c(C)c1C(=O)C1CNCCN1. The summed E-state index contributed by atoms with van der Waals surface area (Å²) in [4.78, 5) is 27.2. The lowest BCUT2D eigenvalue weighted by Gasteiger charge is -2.28. The molecule has 3 atom stereocenters. The molecule has 36 heavy (non-hydrogen) atoms. The number of nitriles is 1. The minimum Gasteiger partial charge on any atom is -0.313 e. The Morgan fingerprint density at radius 1 is 1.11 bits per heavy atom. The first-order chi connectivity index (χ1) is 17.4. The van der Waals surface area contributed by atoms with Gasteiger partial charge in [0.2, 0.25) is 0 Å². The first-order valence-electron chi connectivity index (χ1n) is 12.3. The molecule has 0 amide bonds. The van der Waals surface area contributed by atoms with Crippen molar-refractivity contribution < 1.29 is 14.0 Å². The fourth-order valence-corrected chi connectivity index (χ4v) is 5.20. The van der Waals surface area contributed by atoms with E-state index in [-0.39, 0.29) is 28.3 Å². The third kappa shape index (κ3) is 4.88. The van der Waals surface area contributed by atoms with Gasteiger partial charge in [0.15, 0.2) is 11.6 Å². The molecule has 7 nitrogen and oxygen atoms in total. The predicted octanol–water partition coefficient (Wildman–Crippen LogP) is 2.29. The number of carbonyl (C=O) groups excluding carboxylic acids is 2. The lowest BCUT2D eigenvalue weighted by atomic mass is 9.79. The topological polar surface area (TPSA) is 106 Å². The lowest BCUT2D eigenvalue weighted by molar-refractivity contribution is 0.0917. The summed E-state index contributed by atoms with van der Waals surface area (Å²) in [5.74, 6) is -1.72. The summed E-state index contributed by atoms with van der Waals surface area (Å²) in [5, 5.41) is 22.6. The highest BCUT2D eigenvalue weighted by Crippen LogP contribution is 2.36. The average molecular weight is 490 g/mol. The van der Waals surface area contributed by atoms with Crippen molar-refractivity contribution in [3.8, 4) is 6.07 Å². The Hall–Kier alpha value is -3.22. The van der Waals surface area contributed by atoms with Crippen molar-refractivity contribution in [1.29, 1.82) is 5.26 Å². The fraction of sp³-hybridized carbons (Fsp3) is 0.393. The molecule has 2 fully saturated rings. The normalized spacial score (nSPS) is 20.8. The van der Waals surface area contributed by atoms with E-state index in [9.17, 15) is 14.9 Å². The minimum atomic E-state index is -0.673. The third-order valence-electron chi connectivity index (χ3n) is 7.14. The number of ketones is 2. The summed E-state index contributed by atoms with van der Waals surface area (Å²) in [6.45, 7) is 10.9. The molecule has 2 heterocycles. The highest BCUT2D eigenvalue weighted by atomic mass is 19.1. The van der Waals surface area contributed by atoms with E-state index in [1.165, 1.54) is 6.07 Å². The van der Waals surface area contributed by atoms with E-state index < -0.39 is 23.8 Å². The molecule has 0 saturated carbocycles. The maximum absolute atomic E-state index is 15.8. The molecule has 0 bridgehead atoms. The van der Waals surface area contributed by atoms with Crippen LogP contribution >= 0.6 is 0 Å². The number of carbonyl (C=O) groups is 2. The molecular weight excluding hydrogens is 457 g/mol. The van der Waals surface area contributed by atoms with Gasteiger partial charge in [0.05, 0.1) is 29.3 Å².